The van der Waals surface area contributed by atoms with Gasteiger partial charge in [0.05, 0.1) is 24.1 Å². The van der Waals surface area contributed by atoms with E-state index in [1.807, 2.05) is 30.3 Å². The molecular weight excluding hydrogens is 334 g/mol. The number of benzene rings is 1. The zero-order valence-corrected chi connectivity index (χ0v) is 13.3. The Kier molecular flexibility index (Phi) is 6.43. The highest BCUT2D eigenvalue weighted by Gasteiger charge is 2.08. The number of nitrogens with zero attached hydrogens (tertiary/aromatic N) is 2. The maximum Gasteiger partial charge on any atom is 0.254 e. The maximum atomic E-state index is 12.0. The van der Waals surface area contributed by atoms with E-state index in [4.69, 9.17) is 4.74 Å². The lowest BCUT2D eigenvalue weighted by Crippen LogP contribution is -2.25. The molecule has 0 aliphatic carbocycles. The van der Waals surface area contributed by atoms with Gasteiger partial charge in [0.25, 0.3) is 5.91 Å². The van der Waals surface area contributed by atoms with Crippen LogP contribution < -0.4 is 5.32 Å². The fraction of sp³-hybridized carbons (Fsp3) is 0.333. The van der Waals surface area contributed by atoms with Crippen LogP contribution in [0.25, 0.3) is 5.69 Å². The number of hydrogen-bond acceptors (Lipinski definition) is 3. The van der Waals surface area contributed by atoms with Crippen molar-refractivity contribution >= 4 is 21.8 Å². The Morgan fingerprint density at radius 1 is 1.29 bits per heavy atom. The minimum atomic E-state index is -0.113. The molecule has 1 aromatic heterocycles. The summed E-state index contributed by atoms with van der Waals surface area (Å²) in [6.07, 6.45) is 4.10. The van der Waals surface area contributed by atoms with Crippen molar-refractivity contribution in [2.45, 2.75) is 6.42 Å². The molecule has 0 bridgehead atoms. The molecular formula is C15H18BrN3O2. The van der Waals surface area contributed by atoms with E-state index in [0.29, 0.717) is 25.3 Å². The number of carbonyl (C=O) groups is 1. The van der Waals surface area contributed by atoms with Crippen molar-refractivity contribution in [2.24, 2.45) is 0 Å². The highest BCUT2D eigenvalue weighted by molar-refractivity contribution is 9.09. The molecule has 1 N–H and O–H groups in total. The average Bonchev–Trinajstić information content (AvgIpc) is 3.01. The van der Waals surface area contributed by atoms with Gasteiger partial charge in [-0.05, 0) is 18.6 Å². The van der Waals surface area contributed by atoms with Crippen LogP contribution in [-0.2, 0) is 4.74 Å². The molecule has 0 radical (unpaired) electrons. The summed E-state index contributed by atoms with van der Waals surface area (Å²) in [5.41, 5.74) is 1.49. The number of halogens is 1. The number of nitrogens with one attached hydrogen (secondary N) is 1. The fourth-order valence-corrected chi connectivity index (χ4v) is 2.03. The van der Waals surface area contributed by atoms with Crippen molar-refractivity contribution in [3.05, 3.63) is 48.3 Å². The third-order valence-corrected chi connectivity index (χ3v) is 3.16. The lowest BCUT2D eigenvalue weighted by atomic mass is 10.3. The summed E-state index contributed by atoms with van der Waals surface area (Å²) >= 11 is 3.29. The van der Waals surface area contributed by atoms with Gasteiger partial charge in [-0.3, -0.25) is 4.79 Å². The predicted molar refractivity (Wildman–Crippen MR) is 85.1 cm³/mol. The first-order valence-electron chi connectivity index (χ1n) is 6.83. The Morgan fingerprint density at radius 2 is 2.10 bits per heavy atom. The second-order valence-electron chi connectivity index (χ2n) is 4.42. The molecule has 0 saturated heterocycles. The second-order valence-corrected chi connectivity index (χ2v) is 5.21. The van der Waals surface area contributed by atoms with E-state index in [2.05, 4.69) is 26.3 Å². The third kappa shape index (κ3) is 4.99. The number of carbonyl (C=O) groups excluding carboxylic acids is 1. The van der Waals surface area contributed by atoms with Gasteiger partial charge in [0, 0.05) is 24.7 Å². The van der Waals surface area contributed by atoms with Gasteiger partial charge in [-0.2, -0.15) is 5.10 Å². The topological polar surface area (TPSA) is 56.1 Å². The summed E-state index contributed by atoms with van der Waals surface area (Å²) in [4.78, 5) is 12.0. The van der Waals surface area contributed by atoms with Crippen molar-refractivity contribution in [3.63, 3.8) is 0 Å². The van der Waals surface area contributed by atoms with Crippen LogP contribution in [0.4, 0.5) is 0 Å². The van der Waals surface area contributed by atoms with Crippen molar-refractivity contribution < 1.29 is 9.53 Å². The zero-order valence-electron chi connectivity index (χ0n) is 11.7. The van der Waals surface area contributed by atoms with E-state index >= 15 is 0 Å². The molecule has 0 saturated carbocycles. The van der Waals surface area contributed by atoms with Gasteiger partial charge in [-0.25, -0.2) is 4.68 Å². The summed E-state index contributed by atoms with van der Waals surface area (Å²) in [5.74, 6) is -0.113. The molecule has 0 fully saturated rings. The summed E-state index contributed by atoms with van der Waals surface area (Å²) in [6.45, 7) is 1.94. The summed E-state index contributed by atoms with van der Waals surface area (Å²) < 4.78 is 7.01. The standard InChI is InChI=1S/C15H18BrN3O2/c16-7-10-21-9-4-8-17-15(20)13-11-18-19(12-13)14-5-2-1-3-6-14/h1-3,5-6,11-12H,4,7-10H2,(H,17,20). The van der Waals surface area contributed by atoms with Gasteiger partial charge in [0.15, 0.2) is 0 Å². The van der Waals surface area contributed by atoms with Gasteiger partial charge < -0.3 is 10.1 Å². The number of alkyl halides is 1. The number of para-hydroxylation sites is 1. The lowest BCUT2D eigenvalue weighted by molar-refractivity contribution is 0.0944. The summed E-state index contributed by atoms with van der Waals surface area (Å²) in [6, 6.07) is 9.69. The van der Waals surface area contributed by atoms with Crippen molar-refractivity contribution in [1.29, 1.82) is 0 Å². The highest BCUT2D eigenvalue weighted by Crippen LogP contribution is 2.07. The van der Waals surface area contributed by atoms with Crippen molar-refractivity contribution in [3.8, 4) is 5.69 Å². The minimum Gasteiger partial charge on any atom is -0.381 e. The molecule has 1 aromatic carbocycles. The number of ether oxygens (including phenoxy) is 1. The second kappa shape index (κ2) is 8.59. The molecule has 6 heteroatoms. The molecule has 1 amide bonds. The third-order valence-electron chi connectivity index (χ3n) is 2.84. The van der Waals surface area contributed by atoms with E-state index < -0.39 is 0 Å². The van der Waals surface area contributed by atoms with Crippen LogP contribution in [0.5, 0.6) is 0 Å². The maximum absolute atomic E-state index is 12.0. The predicted octanol–water partition coefficient (Wildman–Crippen LogP) is 2.40. The van der Waals surface area contributed by atoms with Gasteiger partial charge in [0.1, 0.15) is 0 Å². The van der Waals surface area contributed by atoms with Crippen LogP contribution in [0, 0.1) is 0 Å². The first-order valence-corrected chi connectivity index (χ1v) is 7.95. The number of rotatable bonds is 8. The molecule has 0 unspecified atom stereocenters. The van der Waals surface area contributed by atoms with Crippen LogP contribution in [-0.4, -0.2) is 40.8 Å². The molecule has 0 aliphatic heterocycles. The highest BCUT2D eigenvalue weighted by atomic mass is 79.9. The van der Waals surface area contributed by atoms with Crippen LogP contribution in [0.3, 0.4) is 0 Å². The van der Waals surface area contributed by atoms with E-state index in [9.17, 15) is 4.79 Å². The molecule has 0 aliphatic rings. The average molecular weight is 352 g/mol. The molecule has 2 rings (SSSR count). The molecule has 0 spiro atoms. The van der Waals surface area contributed by atoms with E-state index in [0.717, 1.165) is 17.4 Å². The first kappa shape index (κ1) is 15.7. The lowest BCUT2D eigenvalue weighted by Gasteiger charge is -2.04. The smallest absolute Gasteiger partial charge is 0.254 e. The van der Waals surface area contributed by atoms with Crippen molar-refractivity contribution in [1.82, 2.24) is 15.1 Å². The SMILES string of the molecule is O=C(NCCCOCCBr)c1cnn(-c2ccccc2)c1. The quantitative estimate of drug-likeness (QED) is 0.586. The Bertz CT molecular complexity index is 557. The first-order chi connectivity index (χ1) is 10.3. The Balaban J connectivity index is 1.80. The van der Waals surface area contributed by atoms with E-state index in [1.54, 1.807) is 17.1 Å². The van der Waals surface area contributed by atoms with Gasteiger partial charge in [-0.1, -0.05) is 34.1 Å². The Hall–Kier alpha value is -1.66. The van der Waals surface area contributed by atoms with Crippen LogP contribution >= 0.6 is 15.9 Å². The van der Waals surface area contributed by atoms with E-state index in [-0.39, 0.29) is 5.91 Å². The molecule has 0 atom stereocenters. The van der Waals surface area contributed by atoms with Crippen LogP contribution in [0.1, 0.15) is 16.8 Å². The van der Waals surface area contributed by atoms with Gasteiger partial charge >= 0.3 is 0 Å². The Labute approximate surface area is 132 Å². The molecule has 112 valence electrons. The van der Waals surface area contributed by atoms with Crippen molar-refractivity contribution in [2.75, 3.05) is 25.1 Å². The number of aromatic nitrogens is 2. The monoisotopic (exact) mass is 351 g/mol. The summed E-state index contributed by atoms with van der Waals surface area (Å²) in [5, 5.41) is 7.89. The molecule has 5 nitrogen and oxygen atoms in total. The van der Waals surface area contributed by atoms with E-state index in [1.165, 1.54) is 0 Å². The van der Waals surface area contributed by atoms with Gasteiger partial charge in [0.2, 0.25) is 0 Å². The number of amides is 1. The molecule has 1 heterocycles. The summed E-state index contributed by atoms with van der Waals surface area (Å²) in [7, 11) is 0. The molecule has 21 heavy (non-hydrogen) atoms. The fourth-order valence-electron chi connectivity index (χ4n) is 1.80. The Morgan fingerprint density at radius 3 is 2.86 bits per heavy atom. The van der Waals surface area contributed by atoms with Crippen LogP contribution in [0.2, 0.25) is 0 Å². The zero-order chi connectivity index (χ0) is 14.9. The van der Waals surface area contributed by atoms with Crippen LogP contribution in [0.15, 0.2) is 42.7 Å². The normalized spacial score (nSPS) is 10.5. The largest absolute Gasteiger partial charge is 0.381 e. The molecule has 2 aromatic rings. The number of hydrogen-bond donors (Lipinski definition) is 1. The minimum absolute atomic E-state index is 0.113. The van der Waals surface area contributed by atoms with Gasteiger partial charge in [-0.15, -0.1) is 0 Å².